The second kappa shape index (κ2) is 11.6. The minimum Gasteiger partial charge on any atom is -0.425 e. The van der Waals surface area contributed by atoms with Gasteiger partial charge < -0.3 is 9.15 Å². The number of fused-ring (bicyclic) bond motifs is 1. The quantitative estimate of drug-likeness (QED) is 0.166. The molecule has 0 aliphatic rings. The van der Waals surface area contributed by atoms with E-state index in [0.717, 1.165) is 16.7 Å². The second-order valence-corrected chi connectivity index (χ2v) is 12.0. The smallest absolute Gasteiger partial charge is 0.340 e. The number of benzene rings is 3. The van der Waals surface area contributed by atoms with Crippen molar-refractivity contribution in [1.82, 2.24) is 4.72 Å². The standard InChI is InChI=1S/C31H33NO6S/c1-19(2)15-26(32-39(35,36)24-13-11-20(3)12-14-24)31(34)38-28-17-21(4)16-27-29(28)22(5)25(30(33)37-27)18-23-9-7-6-8-10-23/h6-14,16-17,19,26,32H,15,18H2,1-5H3/t26-/m0/s1. The molecule has 1 N–H and O–H groups in total. The fourth-order valence-electron chi connectivity index (χ4n) is 4.54. The minimum absolute atomic E-state index is 0.00903. The van der Waals surface area contributed by atoms with E-state index >= 15 is 0 Å². The molecule has 1 atom stereocenters. The van der Waals surface area contributed by atoms with Crippen molar-refractivity contribution in [2.75, 3.05) is 0 Å². The van der Waals surface area contributed by atoms with Crippen molar-refractivity contribution in [3.05, 3.63) is 105 Å². The molecule has 1 aromatic heterocycles. The van der Waals surface area contributed by atoms with Gasteiger partial charge in [-0.15, -0.1) is 0 Å². The molecule has 0 unspecified atom stereocenters. The van der Waals surface area contributed by atoms with E-state index in [4.69, 9.17) is 9.15 Å². The number of ether oxygens (including phenoxy) is 1. The summed E-state index contributed by atoms with van der Waals surface area (Å²) < 4.78 is 40.3. The lowest BCUT2D eigenvalue weighted by atomic mass is 9.98. The maximum absolute atomic E-state index is 13.5. The predicted octanol–water partition coefficient (Wildman–Crippen LogP) is 5.61. The molecule has 0 bridgehead atoms. The number of rotatable bonds is 9. The topological polar surface area (TPSA) is 103 Å². The van der Waals surface area contributed by atoms with Crippen molar-refractivity contribution in [3.63, 3.8) is 0 Å². The van der Waals surface area contributed by atoms with E-state index in [9.17, 15) is 18.0 Å². The van der Waals surface area contributed by atoms with Crippen LogP contribution in [-0.4, -0.2) is 20.4 Å². The molecule has 4 rings (SSSR count). The predicted molar refractivity (Wildman–Crippen MR) is 152 cm³/mol. The van der Waals surface area contributed by atoms with Crippen LogP contribution < -0.4 is 15.1 Å². The van der Waals surface area contributed by atoms with Gasteiger partial charge in [0.2, 0.25) is 10.0 Å². The fraction of sp³-hybridized carbons (Fsp3) is 0.290. The molecule has 3 aromatic carbocycles. The normalized spacial score (nSPS) is 12.6. The third-order valence-electron chi connectivity index (χ3n) is 6.54. The summed E-state index contributed by atoms with van der Waals surface area (Å²) in [5.41, 5.74) is 3.56. The molecule has 7 nitrogen and oxygen atoms in total. The highest BCUT2D eigenvalue weighted by atomic mass is 32.2. The van der Waals surface area contributed by atoms with Gasteiger partial charge in [0, 0.05) is 12.0 Å². The van der Waals surface area contributed by atoms with E-state index in [1.54, 1.807) is 38.1 Å². The maximum atomic E-state index is 13.5. The van der Waals surface area contributed by atoms with Crippen molar-refractivity contribution in [3.8, 4) is 5.75 Å². The zero-order chi connectivity index (χ0) is 28.3. The number of nitrogens with one attached hydrogen (secondary N) is 1. The Morgan fingerprint density at radius 2 is 1.62 bits per heavy atom. The first-order valence-corrected chi connectivity index (χ1v) is 14.3. The summed E-state index contributed by atoms with van der Waals surface area (Å²) in [5, 5.41) is 0.504. The minimum atomic E-state index is -3.98. The molecule has 0 spiro atoms. The van der Waals surface area contributed by atoms with Gasteiger partial charge in [-0.05, 0) is 74.1 Å². The van der Waals surface area contributed by atoms with Crippen LogP contribution in [0.5, 0.6) is 5.75 Å². The first-order valence-electron chi connectivity index (χ1n) is 12.9. The highest BCUT2D eigenvalue weighted by molar-refractivity contribution is 7.89. The molecular formula is C31H33NO6S. The van der Waals surface area contributed by atoms with Gasteiger partial charge in [-0.3, -0.25) is 0 Å². The third kappa shape index (κ3) is 6.64. The van der Waals surface area contributed by atoms with Gasteiger partial charge >= 0.3 is 11.6 Å². The largest absolute Gasteiger partial charge is 0.425 e. The lowest BCUT2D eigenvalue weighted by Gasteiger charge is -2.20. The van der Waals surface area contributed by atoms with Gasteiger partial charge in [-0.25, -0.2) is 18.0 Å². The Kier molecular flexibility index (Phi) is 8.37. The molecule has 0 amide bonds. The van der Waals surface area contributed by atoms with Crippen molar-refractivity contribution in [1.29, 1.82) is 0 Å². The summed E-state index contributed by atoms with van der Waals surface area (Å²) in [7, 11) is -3.98. The van der Waals surface area contributed by atoms with Crippen molar-refractivity contribution >= 4 is 27.0 Å². The van der Waals surface area contributed by atoms with Crippen LogP contribution in [-0.2, 0) is 21.2 Å². The molecule has 0 saturated carbocycles. The first-order chi connectivity index (χ1) is 18.4. The molecular weight excluding hydrogens is 514 g/mol. The van der Waals surface area contributed by atoms with E-state index in [1.807, 2.05) is 51.1 Å². The Bertz CT molecular complexity index is 1660. The van der Waals surface area contributed by atoms with Gasteiger partial charge in [0.25, 0.3) is 0 Å². The number of esters is 1. The number of aryl methyl sites for hydroxylation is 3. The first kappa shape index (κ1) is 28.3. The molecule has 39 heavy (non-hydrogen) atoms. The van der Waals surface area contributed by atoms with Crippen LogP contribution in [0.3, 0.4) is 0 Å². The lowest BCUT2D eigenvalue weighted by Crippen LogP contribution is -2.43. The van der Waals surface area contributed by atoms with Gasteiger partial charge in [-0.1, -0.05) is 61.9 Å². The third-order valence-corrected chi connectivity index (χ3v) is 8.03. The van der Waals surface area contributed by atoms with Crippen molar-refractivity contribution in [2.45, 2.75) is 58.4 Å². The molecule has 0 saturated heterocycles. The lowest BCUT2D eigenvalue weighted by molar-refractivity contribution is -0.136. The Hall–Kier alpha value is -3.75. The summed E-state index contributed by atoms with van der Waals surface area (Å²) >= 11 is 0. The highest BCUT2D eigenvalue weighted by Crippen LogP contribution is 2.32. The number of carbonyl (C=O) groups excluding carboxylic acids is 1. The van der Waals surface area contributed by atoms with Crippen LogP contribution in [0, 0.1) is 26.7 Å². The van der Waals surface area contributed by atoms with E-state index in [1.165, 1.54) is 12.1 Å². The molecule has 8 heteroatoms. The average Bonchev–Trinajstić information content (AvgIpc) is 2.86. The molecule has 0 aliphatic carbocycles. The summed E-state index contributed by atoms with van der Waals surface area (Å²) in [6.45, 7) is 9.27. The molecule has 204 valence electrons. The van der Waals surface area contributed by atoms with Crippen LogP contribution in [0.4, 0.5) is 0 Å². The zero-order valence-corrected chi connectivity index (χ0v) is 23.6. The van der Waals surface area contributed by atoms with Crippen LogP contribution in [0.15, 0.2) is 80.8 Å². The van der Waals surface area contributed by atoms with Gasteiger partial charge in [-0.2, -0.15) is 4.72 Å². The summed E-state index contributed by atoms with van der Waals surface area (Å²) in [4.78, 5) is 26.4. The fourth-order valence-corrected chi connectivity index (χ4v) is 5.74. The van der Waals surface area contributed by atoms with E-state index in [-0.39, 0.29) is 23.0 Å². The molecule has 0 radical (unpaired) electrons. The van der Waals surface area contributed by atoms with Crippen LogP contribution >= 0.6 is 0 Å². The number of hydrogen-bond donors (Lipinski definition) is 1. The maximum Gasteiger partial charge on any atom is 0.340 e. The summed E-state index contributed by atoms with van der Waals surface area (Å²) in [6, 6.07) is 18.3. The summed E-state index contributed by atoms with van der Waals surface area (Å²) in [5.74, 6) is -0.509. The molecule has 1 heterocycles. The Morgan fingerprint density at radius 3 is 2.26 bits per heavy atom. The highest BCUT2D eigenvalue weighted by Gasteiger charge is 2.29. The molecule has 4 aromatic rings. The van der Waals surface area contributed by atoms with Crippen LogP contribution in [0.1, 0.15) is 48.1 Å². The average molecular weight is 548 g/mol. The van der Waals surface area contributed by atoms with Crippen LogP contribution in [0.2, 0.25) is 0 Å². The second-order valence-electron chi connectivity index (χ2n) is 10.3. The van der Waals surface area contributed by atoms with Gasteiger partial charge in [0.1, 0.15) is 17.4 Å². The SMILES string of the molecule is Cc1ccc(S(=O)(=O)N[C@@H](CC(C)C)C(=O)Oc2cc(C)cc3oc(=O)c(Cc4ccccc4)c(C)c23)cc1. The van der Waals surface area contributed by atoms with Crippen molar-refractivity contribution < 1.29 is 22.4 Å². The van der Waals surface area contributed by atoms with Gasteiger partial charge in [0.15, 0.2) is 0 Å². The Morgan fingerprint density at radius 1 is 0.949 bits per heavy atom. The van der Waals surface area contributed by atoms with E-state index in [2.05, 4.69) is 4.72 Å². The molecule has 0 aliphatic heterocycles. The summed E-state index contributed by atoms with van der Waals surface area (Å²) in [6.07, 6.45) is 0.597. The van der Waals surface area contributed by atoms with Crippen LogP contribution in [0.25, 0.3) is 11.0 Å². The monoisotopic (exact) mass is 547 g/mol. The van der Waals surface area contributed by atoms with E-state index in [0.29, 0.717) is 28.5 Å². The van der Waals surface area contributed by atoms with E-state index < -0.39 is 27.7 Å². The zero-order valence-electron chi connectivity index (χ0n) is 22.8. The molecule has 0 fully saturated rings. The Balaban J connectivity index is 1.71. The number of carbonyl (C=O) groups is 1. The van der Waals surface area contributed by atoms with Gasteiger partial charge in [0.05, 0.1) is 10.3 Å². The Labute approximate surface area is 228 Å². The van der Waals surface area contributed by atoms with Crippen molar-refractivity contribution in [2.24, 2.45) is 5.92 Å². The number of hydrogen-bond acceptors (Lipinski definition) is 6. The number of sulfonamides is 1.